The summed E-state index contributed by atoms with van der Waals surface area (Å²) in [5.41, 5.74) is 11.1. The Morgan fingerprint density at radius 1 is 1.03 bits per heavy atom. The van der Waals surface area contributed by atoms with Gasteiger partial charge in [-0.05, 0) is 41.8 Å². The van der Waals surface area contributed by atoms with Crippen molar-refractivity contribution in [2.75, 3.05) is 12.3 Å². The Labute approximate surface area is 177 Å². The van der Waals surface area contributed by atoms with Crippen molar-refractivity contribution in [2.45, 2.75) is 19.5 Å². The van der Waals surface area contributed by atoms with E-state index in [1.807, 2.05) is 24.3 Å². The number of hydrogen-bond donors (Lipinski definition) is 1. The molecular formula is C23H20N6S. The van der Waals surface area contributed by atoms with E-state index >= 15 is 0 Å². The smallest absolute Gasteiger partial charge is 0.182 e. The molecule has 7 heteroatoms. The molecule has 6 nitrogen and oxygen atoms in total. The van der Waals surface area contributed by atoms with E-state index in [0.29, 0.717) is 5.82 Å². The first-order valence-corrected chi connectivity index (χ1v) is 10.8. The van der Waals surface area contributed by atoms with Gasteiger partial charge in [0.05, 0.1) is 5.39 Å². The highest BCUT2D eigenvalue weighted by molar-refractivity contribution is 7.19. The maximum absolute atomic E-state index is 5.82. The summed E-state index contributed by atoms with van der Waals surface area (Å²) in [6.07, 6.45) is 2.78. The molecule has 30 heavy (non-hydrogen) atoms. The molecule has 0 unspecified atom stereocenters. The van der Waals surface area contributed by atoms with Crippen molar-refractivity contribution in [1.82, 2.24) is 24.5 Å². The van der Waals surface area contributed by atoms with Crippen molar-refractivity contribution in [3.8, 4) is 11.4 Å². The predicted molar refractivity (Wildman–Crippen MR) is 120 cm³/mol. The van der Waals surface area contributed by atoms with E-state index in [4.69, 9.17) is 10.7 Å². The van der Waals surface area contributed by atoms with E-state index in [1.54, 1.807) is 22.2 Å². The molecule has 0 fully saturated rings. The highest BCUT2D eigenvalue weighted by Gasteiger charge is 2.24. The fourth-order valence-corrected chi connectivity index (χ4v) is 5.40. The summed E-state index contributed by atoms with van der Waals surface area (Å²) in [7, 11) is 0. The van der Waals surface area contributed by atoms with E-state index in [9.17, 15) is 0 Å². The van der Waals surface area contributed by atoms with Crippen LogP contribution in [0.4, 0.5) is 5.69 Å². The quantitative estimate of drug-likeness (QED) is 0.451. The van der Waals surface area contributed by atoms with Crippen LogP contribution in [0, 0.1) is 0 Å². The van der Waals surface area contributed by atoms with E-state index in [-0.39, 0.29) is 0 Å². The number of hydrogen-bond acceptors (Lipinski definition) is 6. The maximum atomic E-state index is 5.82. The summed E-state index contributed by atoms with van der Waals surface area (Å²) in [4.78, 5) is 14.5. The van der Waals surface area contributed by atoms with Crippen molar-refractivity contribution in [3.63, 3.8) is 0 Å². The lowest BCUT2D eigenvalue weighted by molar-refractivity contribution is 0.249. The van der Waals surface area contributed by atoms with Gasteiger partial charge in [-0.15, -0.1) is 16.4 Å². The lowest BCUT2D eigenvalue weighted by Gasteiger charge is -2.26. The number of nitrogen functional groups attached to an aromatic ring is 1. The molecule has 3 aromatic heterocycles. The maximum Gasteiger partial charge on any atom is 0.182 e. The van der Waals surface area contributed by atoms with Gasteiger partial charge in [-0.2, -0.15) is 0 Å². The minimum absolute atomic E-state index is 0.700. The molecule has 0 radical (unpaired) electrons. The number of nitrogens with two attached hydrogens (primary N) is 1. The van der Waals surface area contributed by atoms with Crippen LogP contribution in [0.25, 0.3) is 27.3 Å². The molecule has 2 aromatic carbocycles. The van der Waals surface area contributed by atoms with Crippen molar-refractivity contribution in [3.05, 3.63) is 76.9 Å². The number of thiophene rings is 1. The van der Waals surface area contributed by atoms with E-state index in [2.05, 4.69) is 45.3 Å². The summed E-state index contributed by atoms with van der Waals surface area (Å²) < 4.78 is 1.80. The van der Waals surface area contributed by atoms with Crippen LogP contribution in [-0.2, 0) is 19.5 Å². The number of nitrogens with zero attached hydrogens (tertiary/aromatic N) is 5. The lowest BCUT2D eigenvalue weighted by atomic mass is 10.0. The van der Waals surface area contributed by atoms with Crippen LogP contribution in [-0.4, -0.2) is 31.0 Å². The minimum Gasteiger partial charge on any atom is -0.399 e. The zero-order valence-electron chi connectivity index (χ0n) is 16.3. The van der Waals surface area contributed by atoms with Gasteiger partial charge in [0.15, 0.2) is 11.5 Å². The Balaban J connectivity index is 1.39. The van der Waals surface area contributed by atoms with Crippen molar-refractivity contribution < 1.29 is 0 Å². The molecule has 2 N–H and O–H groups in total. The standard InChI is InChI=1S/C23H20N6S/c24-17-8-6-16(7-9-17)21-26-22-20-18-10-11-28(12-15-4-2-1-3-5-15)13-19(18)30-23(20)25-14-29(22)27-21/h1-9,14H,10-13,24H2. The Kier molecular flexibility index (Phi) is 4.04. The van der Waals surface area contributed by atoms with Crippen LogP contribution in [0.2, 0.25) is 0 Å². The van der Waals surface area contributed by atoms with Crippen LogP contribution < -0.4 is 5.73 Å². The van der Waals surface area contributed by atoms with Crippen molar-refractivity contribution in [2.24, 2.45) is 0 Å². The van der Waals surface area contributed by atoms with Crippen molar-refractivity contribution >= 4 is 32.9 Å². The molecule has 4 heterocycles. The first kappa shape index (κ1) is 17.6. The Morgan fingerprint density at radius 2 is 1.87 bits per heavy atom. The van der Waals surface area contributed by atoms with Gasteiger partial charge in [0.2, 0.25) is 0 Å². The molecule has 0 bridgehead atoms. The van der Waals surface area contributed by atoms with Gasteiger partial charge in [-0.1, -0.05) is 30.3 Å². The third-order valence-corrected chi connectivity index (χ3v) is 6.80. The van der Waals surface area contributed by atoms with Crippen LogP contribution in [0.3, 0.4) is 0 Å². The number of aromatic nitrogens is 4. The fourth-order valence-electron chi connectivity index (χ4n) is 4.18. The second kappa shape index (κ2) is 6.90. The van der Waals surface area contributed by atoms with E-state index < -0.39 is 0 Å². The number of anilines is 1. The van der Waals surface area contributed by atoms with Gasteiger partial charge in [-0.3, -0.25) is 4.90 Å². The molecule has 6 rings (SSSR count). The first-order chi connectivity index (χ1) is 14.7. The molecule has 0 amide bonds. The summed E-state index contributed by atoms with van der Waals surface area (Å²) in [5.74, 6) is 0.700. The molecule has 0 saturated heterocycles. The Hall–Kier alpha value is -3.29. The monoisotopic (exact) mass is 412 g/mol. The molecule has 0 aliphatic carbocycles. The predicted octanol–water partition coefficient (Wildman–Crippen LogP) is 4.15. The SMILES string of the molecule is Nc1ccc(-c2nc3c4c5c(sc4ncn3n2)CN(Cc2ccccc2)CC5)cc1. The Morgan fingerprint density at radius 3 is 2.70 bits per heavy atom. The summed E-state index contributed by atoms with van der Waals surface area (Å²) in [6, 6.07) is 18.3. The molecule has 1 aliphatic heterocycles. The van der Waals surface area contributed by atoms with E-state index in [0.717, 1.165) is 53.2 Å². The largest absolute Gasteiger partial charge is 0.399 e. The lowest BCUT2D eigenvalue weighted by Crippen LogP contribution is -2.29. The first-order valence-electron chi connectivity index (χ1n) is 10.0. The van der Waals surface area contributed by atoms with Crippen LogP contribution in [0.15, 0.2) is 60.9 Å². The minimum atomic E-state index is 0.700. The topological polar surface area (TPSA) is 72.3 Å². The zero-order valence-corrected chi connectivity index (χ0v) is 17.1. The normalized spacial score (nSPS) is 14.4. The van der Waals surface area contributed by atoms with Gasteiger partial charge >= 0.3 is 0 Å². The van der Waals surface area contributed by atoms with Gasteiger partial charge in [-0.25, -0.2) is 14.5 Å². The molecule has 1 aliphatic rings. The van der Waals surface area contributed by atoms with Gasteiger partial charge in [0.25, 0.3) is 0 Å². The van der Waals surface area contributed by atoms with Crippen LogP contribution >= 0.6 is 11.3 Å². The van der Waals surface area contributed by atoms with Gasteiger partial charge < -0.3 is 5.73 Å². The highest BCUT2D eigenvalue weighted by atomic mass is 32.1. The number of fused-ring (bicyclic) bond motifs is 5. The second-order valence-electron chi connectivity index (χ2n) is 7.70. The summed E-state index contributed by atoms with van der Waals surface area (Å²) in [6.45, 7) is 2.97. The van der Waals surface area contributed by atoms with Crippen molar-refractivity contribution in [1.29, 1.82) is 0 Å². The number of rotatable bonds is 3. The average molecular weight is 413 g/mol. The van der Waals surface area contributed by atoms with Crippen LogP contribution in [0.5, 0.6) is 0 Å². The van der Waals surface area contributed by atoms with Gasteiger partial charge in [0.1, 0.15) is 11.2 Å². The molecule has 148 valence electrons. The molecule has 0 atom stereocenters. The zero-order chi connectivity index (χ0) is 20.1. The van der Waals surface area contributed by atoms with Gasteiger partial charge in [0, 0.05) is 35.8 Å². The molecule has 0 saturated carbocycles. The summed E-state index contributed by atoms with van der Waals surface area (Å²) >= 11 is 1.79. The highest BCUT2D eigenvalue weighted by Crippen LogP contribution is 2.36. The molecular weight excluding hydrogens is 392 g/mol. The molecule has 5 aromatic rings. The molecule has 0 spiro atoms. The van der Waals surface area contributed by atoms with Crippen LogP contribution in [0.1, 0.15) is 16.0 Å². The average Bonchev–Trinajstić information content (AvgIpc) is 3.35. The third-order valence-electron chi connectivity index (χ3n) is 5.67. The summed E-state index contributed by atoms with van der Waals surface area (Å²) in [5, 5.41) is 5.82. The fraction of sp³-hybridized carbons (Fsp3) is 0.174. The number of benzene rings is 2. The Bertz CT molecular complexity index is 1350. The second-order valence-corrected chi connectivity index (χ2v) is 8.78. The van der Waals surface area contributed by atoms with E-state index in [1.165, 1.54) is 16.0 Å². The third kappa shape index (κ3) is 2.94.